The molecule has 1 aliphatic carbocycles. The van der Waals surface area contributed by atoms with Crippen LogP contribution in [0, 0.1) is 5.92 Å². The number of benzene rings is 1. The van der Waals surface area contributed by atoms with E-state index in [9.17, 15) is 4.79 Å². The van der Waals surface area contributed by atoms with Crippen LogP contribution < -0.4 is 4.90 Å². The molecule has 6 rings (SSSR count). The number of carbonyl (C=O) groups is 1. The van der Waals surface area contributed by atoms with Crippen LogP contribution in [0.2, 0.25) is 10.0 Å². The summed E-state index contributed by atoms with van der Waals surface area (Å²) in [5.74, 6) is 0.670. The average molecular weight is 522 g/mol. The van der Waals surface area contributed by atoms with Crippen molar-refractivity contribution in [3.8, 4) is 16.9 Å². The highest BCUT2D eigenvalue weighted by atomic mass is 35.5. The molecule has 36 heavy (non-hydrogen) atoms. The Bertz CT molecular complexity index is 1450. The zero-order valence-electron chi connectivity index (χ0n) is 19.0. The van der Waals surface area contributed by atoms with Gasteiger partial charge in [0.1, 0.15) is 11.5 Å². The standard InChI is InChI=1S/C26H21Cl2N5O3/c27-21-10-29-11-22(28)23(21)24-20(25(36-31-24)16-2-3-16)8-1-15-12-32(13-15)18-4-6-19(7-5-18)33-14-17(9-30-33)26(34)35/h1,4-11,14-16H,2-3,12-13H2,(H,34,35). The first-order valence-electron chi connectivity index (χ1n) is 11.6. The fourth-order valence-corrected chi connectivity index (χ4v) is 4.94. The van der Waals surface area contributed by atoms with Gasteiger partial charge in [0.15, 0.2) is 0 Å². The second-order valence-corrected chi connectivity index (χ2v) is 9.90. The number of nitrogens with zero attached hydrogens (tertiary/aromatic N) is 5. The van der Waals surface area contributed by atoms with E-state index in [0.29, 0.717) is 33.1 Å². The van der Waals surface area contributed by atoms with Gasteiger partial charge in [-0.15, -0.1) is 0 Å². The molecule has 1 aromatic carbocycles. The lowest BCUT2D eigenvalue weighted by molar-refractivity contribution is 0.0697. The van der Waals surface area contributed by atoms with Crippen molar-refractivity contribution in [2.75, 3.05) is 18.0 Å². The minimum atomic E-state index is -0.993. The lowest BCUT2D eigenvalue weighted by Gasteiger charge is -2.39. The Kier molecular flexibility index (Phi) is 5.78. The van der Waals surface area contributed by atoms with E-state index in [1.807, 2.05) is 24.3 Å². The number of rotatable bonds is 7. The van der Waals surface area contributed by atoms with Gasteiger partial charge in [-0.1, -0.05) is 40.5 Å². The van der Waals surface area contributed by atoms with Crippen LogP contribution in [0.1, 0.15) is 40.4 Å². The van der Waals surface area contributed by atoms with Gasteiger partial charge in [-0.05, 0) is 37.1 Å². The molecule has 0 spiro atoms. The minimum Gasteiger partial charge on any atom is -0.478 e. The fraction of sp³-hybridized carbons (Fsp3) is 0.231. The number of carboxylic acids is 1. The van der Waals surface area contributed by atoms with Crippen molar-refractivity contribution in [1.29, 1.82) is 0 Å². The number of hydrogen-bond acceptors (Lipinski definition) is 6. The molecule has 0 bridgehead atoms. The van der Waals surface area contributed by atoms with Crippen molar-refractivity contribution in [3.63, 3.8) is 0 Å². The first-order chi connectivity index (χ1) is 17.5. The lowest BCUT2D eigenvalue weighted by atomic mass is 9.96. The Morgan fingerprint density at radius 2 is 1.75 bits per heavy atom. The molecule has 10 heteroatoms. The van der Waals surface area contributed by atoms with Gasteiger partial charge in [0.2, 0.25) is 0 Å². The summed E-state index contributed by atoms with van der Waals surface area (Å²) in [5.41, 5.74) is 4.31. The fourth-order valence-electron chi connectivity index (χ4n) is 4.40. The number of pyridine rings is 1. The van der Waals surface area contributed by atoms with Gasteiger partial charge in [-0.2, -0.15) is 5.10 Å². The maximum absolute atomic E-state index is 11.1. The number of halogens is 2. The van der Waals surface area contributed by atoms with Gasteiger partial charge in [-0.3, -0.25) is 4.98 Å². The highest BCUT2D eigenvalue weighted by Gasteiger charge is 2.33. The van der Waals surface area contributed by atoms with Gasteiger partial charge in [0, 0.05) is 60.3 Å². The highest BCUT2D eigenvalue weighted by Crippen LogP contribution is 2.46. The summed E-state index contributed by atoms with van der Waals surface area (Å²) in [4.78, 5) is 17.4. The Hall–Kier alpha value is -3.62. The number of anilines is 1. The molecular formula is C26H21Cl2N5O3. The molecule has 0 atom stereocenters. The number of aromatic nitrogens is 4. The zero-order valence-corrected chi connectivity index (χ0v) is 20.5. The van der Waals surface area contributed by atoms with Crippen LogP contribution in [0.25, 0.3) is 23.0 Å². The van der Waals surface area contributed by atoms with Crippen LogP contribution in [-0.2, 0) is 0 Å². The Balaban J connectivity index is 1.16. The van der Waals surface area contributed by atoms with Gasteiger partial charge >= 0.3 is 5.97 Å². The predicted molar refractivity (Wildman–Crippen MR) is 137 cm³/mol. The Labute approximate surface area is 216 Å². The number of hydrogen-bond donors (Lipinski definition) is 1. The molecule has 0 unspecified atom stereocenters. The molecule has 8 nitrogen and oxygen atoms in total. The monoisotopic (exact) mass is 521 g/mol. The van der Waals surface area contributed by atoms with Crippen LogP contribution in [0.15, 0.2) is 59.7 Å². The lowest BCUT2D eigenvalue weighted by Crippen LogP contribution is -2.45. The second kappa shape index (κ2) is 9.11. The smallest absolute Gasteiger partial charge is 0.338 e. The van der Waals surface area contributed by atoms with E-state index in [1.165, 1.54) is 12.4 Å². The third-order valence-electron chi connectivity index (χ3n) is 6.55. The molecule has 1 saturated carbocycles. The molecule has 1 saturated heterocycles. The van der Waals surface area contributed by atoms with Gasteiger partial charge in [0.05, 0.1) is 27.5 Å². The molecule has 3 aromatic heterocycles. The van der Waals surface area contributed by atoms with Crippen molar-refractivity contribution in [3.05, 3.63) is 82.1 Å². The first-order valence-corrected chi connectivity index (χ1v) is 12.3. The van der Waals surface area contributed by atoms with Gasteiger partial charge in [-0.25, -0.2) is 9.48 Å². The summed E-state index contributed by atoms with van der Waals surface area (Å²) in [5, 5.41) is 18.4. The summed E-state index contributed by atoms with van der Waals surface area (Å²) in [6, 6.07) is 7.91. The summed E-state index contributed by atoms with van der Waals surface area (Å²) in [6.07, 6.45) is 12.5. The average Bonchev–Trinajstić information content (AvgIpc) is 3.40. The molecule has 182 valence electrons. The maximum Gasteiger partial charge on any atom is 0.338 e. The summed E-state index contributed by atoms with van der Waals surface area (Å²) in [7, 11) is 0. The number of aromatic carboxylic acids is 1. The Morgan fingerprint density at radius 3 is 2.39 bits per heavy atom. The Morgan fingerprint density at radius 1 is 1.06 bits per heavy atom. The van der Waals surface area contributed by atoms with E-state index >= 15 is 0 Å². The van der Waals surface area contributed by atoms with Gasteiger partial charge < -0.3 is 14.5 Å². The molecule has 1 aliphatic heterocycles. The van der Waals surface area contributed by atoms with E-state index in [1.54, 1.807) is 17.1 Å². The normalized spacial score (nSPS) is 16.0. The van der Waals surface area contributed by atoms with Crippen LogP contribution in [0.4, 0.5) is 5.69 Å². The van der Waals surface area contributed by atoms with Gasteiger partial charge in [0.25, 0.3) is 0 Å². The summed E-state index contributed by atoms with van der Waals surface area (Å²) < 4.78 is 7.29. The van der Waals surface area contributed by atoms with Crippen molar-refractivity contribution in [2.45, 2.75) is 18.8 Å². The largest absolute Gasteiger partial charge is 0.478 e. The summed E-state index contributed by atoms with van der Waals surface area (Å²) in [6.45, 7) is 1.77. The van der Waals surface area contributed by atoms with E-state index in [4.69, 9.17) is 32.8 Å². The third-order valence-corrected chi connectivity index (χ3v) is 7.12. The second-order valence-electron chi connectivity index (χ2n) is 9.08. The molecule has 2 fully saturated rings. The topological polar surface area (TPSA) is 97.3 Å². The quantitative estimate of drug-likeness (QED) is 0.320. The molecule has 4 heterocycles. The van der Waals surface area contributed by atoms with E-state index in [2.05, 4.69) is 32.3 Å². The van der Waals surface area contributed by atoms with Crippen molar-refractivity contribution in [1.82, 2.24) is 19.9 Å². The maximum atomic E-state index is 11.1. The molecule has 4 aromatic rings. The van der Waals surface area contributed by atoms with E-state index in [-0.39, 0.29) is 5.56 Å². The zero-order chi connectivity index (χ0) is 24.8. The molecule has 1 N–H and O–H groups in total. The first kappa shape index (κ1) is 22.8. The number of carboxylic acid groups (broad SMARTS) is 1. The van der Waals surface area contributed by atoms with E-state index in [0.717, 1.165) is 48.6 Å². The van der Waals surface area contributed by atoms with Crippen LogP contribution in [0.3, 0.4) is 0 Å². The third kappa shape index (κ3) is 4.27. The summed E-state index contributed by atoms with van der Waals surface area (Å²) >= 11 is 12.8. The molecular weight excluding hydrogens is 501 g/mol. The SMILES string of the molecule is O=C(O)c1cnn(-c2ccc(N3CC(C=Cc4c(-c5c(Cl)cncc5Cl)noc4C4CC4)C3)cc2)c1. The van der Waals surface area contributed by atoms with Crippen LogP contribution >= 0.6 is 23.2 Å². The van der Waals surface area contributed by atoms with E-state index < -0.39 is 5.97 Å². The van der Waals surface area contributed by atoms with Crippen molar-refractivity contribution >= 4 is 40.9 Å². The predicted octanol–water partition coefficient (Wildman–Crippen LogP) is 5.95. The van der Waals surface area contributed by atoms with Crippen LogP contribution in [0.5, 0.6) is 0 Å². The molecule has 2 aliphatic rings. The van der Waals surface area contributed by atoms with Crippen molar-refractivity contribution in [2.24, 2.45) is 5.92 Å². The highest BCUT2D eigenvalue weighted by molar-refractivity contribution is 6.39. The molecule has 0 amide bonds. The van der Waals surface area contributed by atoms with Crippen LogP contribution in [-0.4, -0.2) is 44.1 Å². The van der Waals surface area contributed by atoms with Crippen molar-refractivity contribution < 1.29 is 14.4 Å². The minimum absolute atomic E-state index is 0.158. The molecule has 0 radical (unpaired) electrons.